The number of hydrogen-bond donors (Lipinski definition) is 0. The molecule has 5 heteroatoms. The van der Waals surface area contributed by atoms with Crippen LogP contribution < -0.4 is 4.74 Å². The van der Waals surface area contributed by atoms with Gasteiger partial charge in [-0.3, -0.25) is 4.90 Å². The fourth-order valence-electron chi connectivity index (χ4n) is 5.19. The van der Waals surface area contributed by atoms with Gasteiger partial charge in [0.05, 0.1) is 12.6 Å². The predicted molar refractivity (Wildman–Crippen MR) is 144 cm³/mol. The van der Waals surface area contributed by atoms with E-state index in [1.165, 1.54) is 11.1 Å². The first-order valence-corrected chi connectivity index (χ1v) is 12.9. The van der Waals surface area contributed by atoms with Crippen molar-refractivity contribution in [2.75, 3.05) is 20.2 Å². The first-order valence-electron chi connectivity index (χ1n) is 11.8. The van der Waals surface area contributed by atoms with Gasteiger partial charge < -0.3 is 4.74 Å². The lowest BCUT2D eigenvalue weighted by Crippen LogP contribution is -2.35. The summed E-state index contributed by atoms with van der Waals surface area (Å²) in [6.07, 6.45) is 2.25. The molecule has 3 nitrogen and oxygen atoms in total. The monoisotopic (exact) mass is 534 g/mol. The van der Waals surface area contributed by atoms with Crippen LogP contribution in [0.15, 0.2) is 83.3 Å². The van der Waals surface area contributed by atoms with Gasteiger partial charge >= 0.3 is 0 Å². The molecule has 0 unspecified atom stereocenters. The minimum absolute atomic E-state index is 0.196. The van der Waals surface area contributed by atoms with E-state index in [0.29, 0.717) is 11.8 Å². The molecule has 1 aliphatic heterocycles. The Balaban J connectivity index is 1.48. The molecule has 0 amide bonds. The van der Waals surface area contributed by atoms with Crippen molar-refractivity contribution in [1.29, 1.82) is 0 Å². The maximum atomic E-state index is 6.25. The Morgan fingerprint density at radius 3 is 2.44 bits per heavy atom. The van der Waals surface area contributed by atoms with E-state index < -0.39 is 0 Å². The lowest BCUT2D eigenvalue weighted by atomic mass is 9.76. The third-order valence-electron chi connectivity index (χ3n) is 6.88. The molecule has 4 aromatic rings. The SMILES string of the molecule is COc1nc2ccc(Br)cc2cc1[C@@H](c1ccc(Cl)cc1)C1CCN(Cc2ccccc2)CC1. The molecule has 1 atom stereocenters. The lowest BCUT2D eigenvalue weighted by molar-refractivity contribution is 0.167. The maximum Gasteiger partial charge on any atom is 0.217 e. The van der Waals surface area contributed by atoms with Crippen molar-refractivity contribution in [3.63, 3.8) is 0 Å². The molecule has 1 fully saturated rings. The highest BCUT2D eigenvalue weighted by molar-refractivity contribution is 9.10. The molecule has 5 rings (SSSR count). The van der Waals surface area contributed by atoms with Crippen molar-refractivity contribution < 1.29 is 4.74 Å². The number of halogens is 2. The summed E-state index contributed by atoms with van der Waals surface area (Å²) in [7, 11) is 1.72. The number of rotatable bonds is 6. The highest BCUT2D eigenvalue weighted by atomic mass is 79.9. The van der Waals surface area contributed by atoms with Crippen LogP contribution in [-0.2, 0) is 6.54 Å². The Morgan fingerprint density at radius 1 is 1.00 bits per heavy atom. The molecule has 0 bridgehead atoms. The molecular weight excluding hydrogens is 508 g/mol. The number of piperidine rings is 1. The van der Waals surface area contributed by atoms with Crippen LogP contribution in [0.4, 0.5) is 0 Å². The minimum Gasteiger partial charge on any atom is -0.481 e. The van der Waals surface area contributed by atoms with E-state index in [-0.39, 0.29) is 5.92 Å². The third-order valence-corrected chi connectivity index (χ3v) is 7.62. The number of methoxy groups -OCH3 is 1. The van der Waals surface area contributed by atoms with Gasteiger partial charge in [-0.2, -0.15) is 0 Å². The van der Waals surface area contributed by atoms with Crippen LogP contribution in [0.5, 0.6) is 5.88 Å². The summed E-state index contributed by atoms with van der Waals surface area (Å²) in [5.41, 5.74) is 4.73. The molecule has 1 aliphatic rings. The van der Waals surface area contributed by atoms with Gasteiger partial charge in [0, 0.05) is 32.9 Å². The van der Waals surface area contributed by atoms with Crippen molar-refractivity contribution in [3.05, 3.63) is 105 Å². The van der Waals surface area contributed by atoms with E-state index >= 15 is 0 Å². The average molecular weight is 536 g/mol. The molecule has 2 heterocycles. The largest absolute Gasteiger partial charge is 0.481 e. The van der Waals surface area contributed by atoms with Gasteiger partial charge in [-0.1, -0.05) is 70.0 Å². The Hall–Kier alpha value is -2.40. The van der Waals surface area contributed by atoms with E-state index in [9.17, 15) is 0 Å². The zero-order valence-corrected chi connectivity index (χ0v) is 21.6. The molecule has 34 heavy (non-hydrogen) atoms. The predicted octanol–water partition coefficient (Wildman–Crippen LogP) is 7.70. The summed E-state index contributed by atoms with van der Waals surface area (Å²) in [4.78, 5) is 7.45. The lowest BCUT2D eigenvalue weighted by Gasteiger charge is -2.37. The van der Waals surface area contributed by atoms with Gasteiger partial charge in [0.25, 0.3) is 0 Å². The van der Waals surface area contributed by atoms with Crippen LogP contribution in [0.2, 0.25) is 5.02 Å². The smallest absolute Gasteiger partial charge is 0.217 e. The summed E-state index contributed by atoms with van der Waals surface area (Å²) in [6, 6.07) is 27.5. The number of aromatic nitrogens is 1. The number of fused-ring (bicyclic) bond motifs is 1. The van der Waals surface area contributed by atoms with Gasteiger partial charge in [-0.25, -0.2) is 4.98 Å². The van der Waals surface area contributed by atoms with E-state index in [0.717, 1.165) is 58.4 Å². The highest BCUT2D eigenvalue weighted by Crippen LogP contribution is 2.42. The average Bonchev–Trinajstić information content (AvgIpc) is 2.86. The van der Waals surface area contributed by atoms with E-state index in [1.54, 1.807) is 7.11 Å². The normalized spacial score (nSPS) is 16.0. The summed E-state index contributed by atoms with van der Waals surface area (Å²) in [5.74, 6) is 1.40. The van der Waals surface area contributed by atoms with E-state index in [2.05, 4.69) is 75.4 Å². The fourth-order valence-corrected chi connectivity index (χ4v) is 5.70. The second-order valence-electron chi connectivity index (χ2n) is 9.05. The van der Waals surface area contributed by atoms with Gasteiger partial charge in [0.2, 0.25) is 5.88 Å². The number of hydrogen-bond acceptors (Lipinski definition) is 3. The summed E-state index contributed by atoms with van der Waals surface area (Å²) in [6.45, 7) is 3.17. The highest BCUT2D eigenvalue weighted by Gasteiger charge is 2.31. The van der Waals surface area contributed by atoms with Gasteiger partial charge in [-0.05, 0) is 79.4 Å². The molecule has 1 aromatic heterocycles. The van der Waals surface area contributed by atoms with Crippen LogP contribution >= 0.6 is 27.5 Å². The summed E-state index contributed by atoms with van der Waals surface area (Å²) < 4.78 is 6.89. The van der Waals surface area contributed by atoms with E-state index in [1.807, 2.05) is 24.3 Å². The Bertz CT molecular complexity index is 1250. The van der Waals surface area contributed by atoms with Gasteiger partial charge in [0.15, 0.2) is 0 Å². The minimum atomic E-state index is 0.196. The molecule has 1 saturated heterocycles. The first-order chi connectivity index (χ1) is 16.6. The van der Waals surface area contributed by atoms with Crippen molar-refractivity contribution in [3.8, 4) is 5.88 Å². The van der Waals surface area contributed by atoms with Crippen molar-refractivity contribution in [2.45, 2.75) is 25.3 Å². The van der Waals surface area contributed by atoms with E-state index in [4.69, 9.17) is 21.3 Å². The zero-order chi connectivity index (χ0) is 23.5. The summed E-state index contributed by atoms with van der Waals surface area (Å²) in [5, 5.41) is 1.87. The van der Waals surface area contributed by atoms with Crippen LogP contribution in [-0.4, -0.2) is 30.1 Å². The Labute approximate surface area is 214 Å². The van der Waals surface area contributed by atoms with Crippen LogP contribution in [0.3, 0.4) is 0 Å². The van der Waals surface area contributed by atoms with Crippen molar-refractivity contribution in [1.82, 2.24) is 9.88 Å². The van der Waals surface area contributed by atoms with Gasteiger partial charge in [0.1, 0.15) is 0 Å². The number of pyridine rings is 1. The second kappa shape index (κ2) is 10.5. The summed E-state index contributed by atoms with van der Waals surface area (Å²) >= 11 is 9.86. The molecule has 0 spiro atoms. The molecule has 0 N–H and O–H groups in total. The molecule has 0 radical (unpaired) electrons. The molecule has 0 aliphatic carbocycles. The Morgan fingerprint density at radius 2 is 1.74 bits per heavy atom. The molecular formula is C29H28BrClN2O. The van der Waals surface area contributed by atoms with Crippen LogP contribution in [0, 0.1) is 5.92 Å². The standard InChI is InChI=1S/C29H28BrClN2O/c1-34-29-26(18-23-17-24(30)9-12-27(23)32-29)28(21-7-10-25(31)11-8-21)22-13-15-33(16-14-22)19-20-5-3-2-4-6-20/h2-12,17-18,22,28H,13-16,19H2,1H3/t28-/m0/s1. The van der Waals surface area contributed by atoms with Crippen molar-refractivity contribution >= 4 is 38.4 Å². The number of likely N-dealkylation sites (tertiary alicyclic amines) is 1. The first kappa shape index (κ1) is 23.3. The molecule has 174 valence electrons. The quantitative estimate of drug-likeness (QED) is 0.253. The number of benzene rings is 3. The van der Waals surface area contributed by atoms with Crippen LogP contribution in [0.1, 0.15) is 35.4 Å². The Kier molecular flexibility index (Phi) is 7.19. The topological polar surface area (TPSA) is 25.4 Å². The van der Waals surface area contributed by atoms with Crippen LogP contribution in [0.25, 0.3) is 10.9 Å². The van der Waals surface area contributed by atoms with Crippen molar-refractivity contribution in [2.24, 2.45) is 5.92 Å². The molecule has 3 aromatic carbocycles. The fraction of sp³-hybridized carbons (Fsp3) is 0.276. The maximum absolute atomic E-state index is 6.25. The number of ether oxygens (including phenoxy) is 1. The molecule has 0 saturated carbocycles. The second-order valence-corrected chi connectivity index (χ2v) is 10.4. The van der Waals surface area contributed by atoms with Gasteiger partial charge in [-0.15, -0.1) is 0 Å². The third kappa shape index (κ3) is 5.14. The number of nitrogens with zero attached hydrogens (tertiary/aromatic N) is 2. The zero-order valence-electron chi connectivity index (χ0n) is 19.3.